The molecule has 1 saturated heterocycles. The van der Waals surface area contributed by atoms with Crippen LogP contribution in [0.1, 0.15) is 60.8 Å². The lowest BCUT2D eigenvalue weighted by atomic mass is 9.91. The van der Waals surface area contributed by atoms with E-state index in [4.69, 9.17) is 0 Å². The molecule has 1 rings (SSSR count). The zero-order valence-electron chi connectivity index (χ0n) is 14.1. The number of nitrogens with one attached hydrogen (secondary N) is 1. The van der Waals surface area contributed by atoms with Gasteiger partial charge in [0.2, 0.25) is 0 Å². The summed E-state index contributed by atoms with van der Waals surface area (Å²) in [5.41, 5.74) is 0. The third-order valence-corrected chi connectivity index (χ3v) is 4.84. The van der Waals surface area contributed by atoms with Gasteiger partial charge in [0, 0.05) is 31.7 Å². The Bertz CT molecular complexity index is 239. The van der Waals surface area contributed by atoms with Gasteiger partial charge in [0.15, 0.2) is 0 Å². The Labute approximate surface area is 121 Å². The Morgan fingerprint density at radius 1 is 1.11 bits per heavy atom. The standard InChI is InChI=1S/C17H36N2/c1-7-14(5)11-19-12-16(9-13(3)4)18-10-17(19)15(6)8-2/h13-18H,7-12H2,1-6H3. The summed E-state index contributed by atoms with van der Waals surface area (Å²) in [5.74, 6) is 2.42. The van der Waals surface area contributed by atoms with E-state index in [2.05, 4.69) is 51.8 Å². The summed E-state index contributed by atoms with van der Waals surface area (Å²) >= 11 is 0. The van der Waals surface area contributed by atoms with Gasteiger partial charge in [-0.05, 0) is 24.2 Å². The van der Waals surface area contributed by atoms with Crippen LogP contribution in [0.15, 0.2) is 0 Å². The van der Waals surface area contributed by atoms with Gasteiger partial charge in [0.25, 0.3) is 0 Å². The van der Waals surface area contributed by atoms with Crippen LogP contribution >= 0.6 is 0 Å². The van der Waals surface area contributed by atoms with Crippen LogP contribution in [0.5, 0.6) is 0 Å². The topological polar surface area (TPSA) is 15.3 Å². The van der Waals surface area contributed by atoms with Crippen LogP contribution in [-0.2, 0) is 0 Å². The SMILES string of the molecule is CCC(C)CN1CC(CC(C)C)NCC1C(C)CC. The molecule has 4 unspecified atom stereocenters. The van der Waals surface area contributed by atoms with Gasteiger partial charge in [-0.3, -0.25) is 4.90 Å². The van der Waals surface area contributed by atoms with Crippen LogP contribution in [0.4, 0.5) is 0 Å². The predicted octanol–water partition coefficient (Wildman–Crippen LogP) is 3.77. The van der Waals surface area contributed by atoms with Crippen molar-refractivity contribution >= 4 is 0 Å². The summed E-state index contributed by atoms with van der Waals surface area (Å²) in [5, 5.41) is 3.80. The van der Waals surface area contributed by atoms with Gasteiger partial charge in [0.1, 0.15) is 0 Å². The summed E-state index contributed by atoms with van der Waals surface area (Å²) in [6.45, 7) is 17.8. The van der Waals surface area contributed by atoms with Crippen molar-refractivity contribution in [3.8, 4) is 0 Å². The molecule has 0 bridgehead atoms. The Morgan fingerprint density at radius 2 is 1.79 bits per heavy atom. The second-order valence-electron chi connectivity index (χ2n) is 7.15. The number of hydrogen-bond donors (Lipinski definition) is 1. The zero-order chi connectivity index (χ0) is 14.4. The van der Waals surface area contributed by atoms with Crippen molar-refractivity contribution in [3.63, 3.8) is 0 Å². The maximum absolute atomic E-state index is 3.80. The van der Waals surface area contributed by atoms with Crippen molar-refractivity contribution in [1.29, 1.82) is 0 Å². The minimum Gasteiger partial charge on any atom is -0.311 e. The average molecular weight is 268 g/mol. The van der Waals surface area contributed by atoms with Crippen molar-refractivity contribution in [2.24, 2.45) is 17.8 Å². The third kappa shape index (κ3) is 5.43. The molecule has 1 N–H and O–H groups in total. The van der Waals surface area contributed by atoms with Gasteiger partial charge in [-0.1, -0.05) is 54.4 Å². The summed E-state index contributed by atoms with van der Waals surface area (Å²) in [7, 11) is 0. The molecule has 0 amide bonds. The molecular weight excluding hydrogens is 232 g/mol. The monoisotopic (exact) mass is 268 g/mol. The van der Waals surface area contributed by atoms with Crippen LogP contribution in [0.3, 0.4) is 0 Å². The Balaban J connectivity index is 2.62. The number of nitrogens with zero attached hydrogens (tertiary/aromatic N) is 1. The van der Waals surface area contributed by atoms with Gasteiger partial charge in [-0.25, -0.2) is 0 Å². The van der Waals surface area contributed by atoms with Crippen molar-refractivity contribution in [1.82, 2.24) is 10.2 Å². The number of hydrogen-bond acceptors (Lipinski definition) is 2. The van der Waals surface area contributed by atoms with Gasteiger partial charge in [0.05, 0.1) is 0 Å². The van der Waals surface area contributed by atoms with Crippen LogP contribution in [0.2, 0.25) is 0 Å². The van der Waals surface area contributed by atoms with E-state index < -0.39 is 0 Å². The first-order valence-corrected chi connectivity index (χ1v) is 8.45. The van der Waals surface area contributed by atoms with Crippen LogP contribution in [0, 0.1) is 17.8 Å². The second kappa shape index (κ2) is 8.26. The van der Waals surface area contributed by atoms with E-state index >= 15 is 0 Å². The molecule has 19 heavy (non-hydrogen) atoms. The molecule has 0 spiro atoms. The molecule has 114 valence electrons. The summed E-state index contributed by atoms with van der Waals surface area (Å²) < 4.78 is 0. The van der Waals surface area contributed by atoms with E-state index in [1.54, 1.807) is 0 Å². The van der Waals surface area contributed by atoms with E-state index in [0.717, 1.165) is 23.8 Å². The number of rotatable bonds is 7. The summed E-state index contributed by atoms with van der Waals surface area (Å²) in [4.78, 5) is 2.78. The second-order valence-corrected chi connectivity index (χ2v) is 7.15. The maximum Gasteiger partial charge on any atom is 0.0246 e. The fourth-order valence-corrected chi connectivity index (χ4v) is 3.20. The van der Waals surface area contributed by atoms with E-state index in [-0.39, 0.29) is 0 Å². The molecule has 0 aromatic heterocycles. The highest BCUT2D eigenvalue weighted by Gasteiger charge is 2.31. The van der Waals surface area contributed by atoms with Gasteiger partial charge in [-0.2, -0.15) is 0 Å². The van der Waals surface area contributed by atoms with E-state index in [9.17, 15) is 0 Å². The molecule has 0 aliphatic carbocycles. The zero-order valence-corrected chi connectivity index (χ0v) is 14.1. The molecule has 0 saturated carbocycles. The molecule has 0 aromatic carbocycles. The molecule has 1 fully saturated rings. The quantitative estimate of drug-likeness (QED) is 0.756. The lowest BCUT2D eigenvalue weighted by Gasteiger charge is -2.44. The largest absolute Gasteiger partial charge is 0.311 e. The Kier molecular flexibility index (Phi) is 7.38. The normalized spacial score (nSPS) is 28.6. The van der Waals surface area contributed by atoms with E-state index in [1.807, 2.05) is 0 Å². The first kappa shape index (κ1) is 17.0. The molecule has 1 heterocycles. The van der Waals surface area contributed by atoms with Gasteiger partial charge in [-0.15, -0.1) is 0 Å². The molecule has 0 aromatic rings. The smallest absolute Gasteiger partial charge is 0.0246 e. The first-order valence-electron chi connectivity index (χ1n) is 8.45. The summed E-state index contributed by atoms with van der Waals surface area (Å²) in [6, 6.07) is 1.44. The lowest BCUT2D eigenvalue weighted by molar-refractivity contribution is 0.0720. The molecule has 4 atom stereocenters. The first-order chi connectivity index (χ1) is 8.97. The Morgan fingerprint density at radius 3 is 2.32 bits per heavy atom. The van der Waals surface area contributed by atoms with Gasteiger partial charge >= 0.3 is 0 Å². The van der Waals surface area contributed by atoms with Crippen LogP contribution < -0.4 is 5.32 Å². The molecule has 0 radical (unpaired) electrons. The van der Waals surface area contributed by atoms with Crippen molar-refractivity contribution in [3.05, 3.63) is 0 Å². The highest BCUT2D eigenvalue weighted by Crippen LogP contribution is 2.22. The van der Waals surface area contributed by atoms with Crippen molar-refractivity contribution in [2.45, 2.75) is 72.9 Å². The van der Waals surface area contributed by atoms with Crippen molar-refractivity contribution < 1.29 is 0 Å². The fourth-order valence-electron chi connectivity index (χ4n) is 3.20. The molecule has 2 nitrogen and oxygen atoms in total. The molecule has 2 heteroatoms. The highest BCUT2D eigenvalue weighted by molar-refractivity contribution is 4.89. The minimum atomic E-state index is 0.698. The molecule has 1 aliphatic rings. The van der Waals surface area contributed by atoms with Crippen LogP contribution in [0.25, 0.3) is 0 Å². The molecule has 1 aliphatic heterocycles. The van der Waals surface area contributed by atoms with Crippen molar-refractivity contribution in [2.75, 3.05) is 19.6 Å². The third-order valence-electron chi connectivity index (χ3n) is 4.84. The summed E-state index contributed by atoms with van der Waals surface area (Å²) in [6.07, 6.45) is 3.90. The number of piperazine rings is 1. The lowest BCUT2D eigenvalue weighted by Crippen LogP contribution is -2.59. The van der Waals surface area contributed by atoms with E-state index in [1.165, 1.54) is 38.9 Å². The predicted molar refractivity (Wildman–Crippen MR) is 85.5 cm³/mol. The maximum atomic E-state index is 3.80. The minimum absolute atomic E-state index is 0.698. The fraction of sp³-hybridized carbons (Fsp3) is 1.00. The molecular formula is C17H36N2. The van der Waals surface area contributed by atoms with Crippen LogP contribution in [-0.4, -0.2) is 36.6 Å². The average Bonchev–Trinajstić information content (AvgIpc) is 2.37. The highest BCUT2D eigenvalue weighted by atomic mass is 15.2. The van der Waals surface area contributed by atoms with Gasteiger partial charge < -0.3 is 5.32 Å². The Hall–Kier alpha value is -0.0800. The van der Waals surface area contributed by atoms with E-state index in [0.29, 0.717) is 6.04 Å².